The largest absolute Gasteiger partial charge is 0.381 e. The van der Waals surface area contributed by atoms with Crippen LogP contribution in [0, 0.1) is 11.8 Å². The van der Waals surface area contributed by atoms with Crippen molar-refractivity contribution in [2.45, 2.75) is 51.0 Å². The second-order valence-electron chi connectivity index (χ2n) is 6.80. The first-order valence-corrected chi connectivity index (χ1v) is 8.45. The van der Waals surface area contributed by atoms with Crippen molar-refractivity contribution in [1.29, 1.82) is 0 Å². The van der Waals surface area contributed by atoms with E-state index in [4.69, 9.17) is 4.74 Å². The Labute approximate surface area is 118 Å². The average molecular weight is 266 g/mol. The van der Waals surface area contributed by atoms with Gasteiger partial charge in [-0.25, -0.2) is 0 Å². The minimum absolute atomic E-state index is 0.763. The van der Waals surface area contributed by atoms with Crippen molar-refractivity contribution in [2.75, 3.05) is 39.4 Å². The molecular weight excluding hydrogens is 236 g/mol. The van der Waals surface area contributed by atoms with Crippen molar-refractivity contribution in [3.8, 4) is 0 Å². The van der Waals surface area contributed by atoms with E-state index in [1.165, 1.54) is 71.1 Å². The molecule has 0 spiro atoms. The second-order valence-corrected chi connectivity index (χ2v) is 6.80. The van der Waals surface area contributed by atoms with E-state index in [0.29, 0.717) is 0 Å². The molecule has 2 saturated heterocycles. The fourth-order valence-electron chi connectivity index (χ4n) is 4.18. The van der Waals surface area contributed by atoms with Crippen molar-refractivity contribution < 1.29 is 4.74 Å². The number of hydrogen-bond acceptors (Lipinski definition) is 3. The predicted molar refractivity (Wildman–Crippen MR) is 78.3 cm³/mol. The van der Waals surface area contributed by atoms with Crippen LogP contribution in [0.3, 0.4) is 0 Å². The summed E-state index contributed by atoms with van der Waals surface area (Å²) < 4.78 is 5.62. The maximum atomic E-state index is 5.62. The molecule has 0 amide bonds. The summed E-state index contributed by atoms with van der Waals surface area (Å²) in [5.74, 6) is 1.73. The van der Waals surface area contributed by atoms with Crippen LogP contribution in [-0.2, 0) is 4.74 Å². The van der Waals surface area contributed by atoms with Gasteiger partial charge in [0.05, 0.1) is 6.61 Å². The maximum absolute atomic E-state index is 5.62. The summed E-state index contributed by atoms with van der Waals surface area (Å²) in [7, 11) is 0. The summed E-state index contributed by atoms with van der Waals surface area (Å²) in [4.78, 5) is 2.70. The lowest BCUT2D eigenvalue weighted by Gasteiger charge is -2.40. The maximum Gasteiger partial charge on any atom is 0.0506 e. The SMILES string of the molecule is C1CCC(C2CN(CC3CCCOC3)CCN2)CC1. The predicted octanol–water partition coefficient (Wildman–Crippen LogP) is 2.27. The molecular formula is C16H30N2O. The first-order chi connectivity index (χ1) is 9.42. The Hall–Kier alpha value is -0.120. The van der Waals surface area contributed by atoms with Gasteiger partial charge in [0.15, 0.2) is 0 Å². The summed E-state index contributed by atoms with van der Waals surface area (Å²) in [5, 5.41) is 3.78. The van der Waals surface area contributed by atoms with Crippen LogP contribution in [0.2, 0.25) is 0 Å². The van der Waals surface area contributed by atoms with E-state index in [1.54, 1.807) is 0 Å². The molecule has 0 aromatic heterocycles. The third-order valence-electron chi connectivity index (χ3n) is 5.28. The van der Waals surface area contributed by atoms with Gasteiger partial charge in [-0.3, -0.25) is 0 Å². The average Bonchev–Trinajstić information content (AvgIpc) is 2.49. The second kappa shape index (κ2) is 7.05. The van der Waals surface area contributed by atoms with Crippen molar-refractivity contribution in [2.24, 2.45) is 11.8 Å². The summed E-state index contributed by atoms with van der Waals surface area (Å²) in [6, 6.07) is 0.763. The number of nitrogens with one attached hydrogen (secondary N) is 1. The minimum atomic E-state index is 0.763. The fourth-order valence-corrected chi connectivity index (χ4v) is 4.18. The first-order valence-electron chi connectivity index (χ1n) is 8.45. The lowest BCUT2D eigenvalue weighted by atomic mass is 9.83. The van der Waals surface area contributed by atoms with E-state index in [0.717, 1.165) is 31.1 Å². The molecule has 0 aromatic carbocycles. The van der Waals surface area contributed by atoms with Gasteiger partial charge in [0.2, 0.25) is 0 Å². The molecule has 3 nitrogen and oxygen atoms in total. The summed E-state index contributed by atoms with van der Waals surface area (Å²) in [5.41, 5.74) is 0. The Morgan fingerprint density at radius 3 is 2.74 bits per heavy atom. The van der Waals surface area contributed by atoms with Gasteiger partial charge >= 0.3 is 0 Å². The van der Waals surface area contributed by atoms with E-state index in [1.807, 2.05) is 0 Å². The highest BCUT2D eigenvalue weighted by molar-refractivity contribution is 4.86. The fraction of sp³-hybridized carbons (Fsp3) is 1.00. The molecule has 1 aliphatic carbocycles. The van der Waals surface area contributed by atoms with Gasteiger partial charge < -0.3 is 15.0 Å². The quantitative estimate of drug-likeness (QED) is 0.848. The zero-order valence-corrected chi connectivity index (χ0v) is 12.3. The van der Waals surface area contributed by atoms with Gasteiger partial charge in [-0.05, 0) is 37.5 Å². The monoisotopic (exact) mass is 266 g/mol. The number of piperazine rings is 1. The van der Waals surface area contributed by atoms with Crippen LogP contribution in [-0.4, -0.2) is 50.3 Å². The molecule has 2 aliphatic heterocycles. The highest BCUT2D eigenvalue weighted by Crippen LogP contribution is 2.28. The molecule has 0 radical (unpaired) electrons. The Kier molecular flexibility index (Phi) is 5.14. The van der Waals surface area contributed by atoms with Crippen LogP contribution in [0.4, 0.5) is 0 Å². The Balaban J connectivity index is 1.46. The molecule has 1 N–H and O–H groups in total. The molecule has 2 unspecified atom stereocenters. The molecule has 110 valence electrons. The summed E-state index contributed by atoms with van der Waals surface area (Å²) in [6.07, 6.45) is 9.93. The van der Waals surface area contributed by atoms with E-state index in [2.05, 4.69) is 10.2 Å². The van der Waals surface area contributed by atoms with E-state index >= 15 is 0 Å². The van der Waals surface area contributed by atoms with Crippen molar-refractivity contribution in [3.05, 3.63) is 0 Å². The highest BCUT2D eigenvalue weighted by Gasteiger charge is 2.29. The molecule has 0 bridgehead atoms. The number of hydrogen-bond donors (Lipinski definition) is 1. The number of nitrogens with zero attached hydrogens (tertiary/aromatic N) is 1. The van der Waals surface area contributed by atoms with Gasteiger partial charge in [-0.2, -0.15) is 0 Å². The van der Waals surface area contributed by atoms with Gasteiger partial charge in [0.25, 0.3) is 0 Å². The topological polar surface area (TPSA) is 24.5 Å². The van der Waals surface area contributed by atoms with Crippen LogP contribution in [0.25, 0.3) is 0 Å². The molecule has 3 aliphatic rings. The summed E-state index contributed by atoms with van der Waals surface area (Å²) >= 11 is 0. The molecule has 3 fully saturated rings. The smallest absolute Gasteiger partial charge is 0.0506 e. The van der Waals surface area contributed by atoms with Crippen molar-refractivity contribution >= 4 is 0 Å². The van der Waals surface area contributed by atoms with Crippen LogP contribution < -0.4 is 5.32 Å². The zero-order valence-electron chi connectivity index (χ0n) is 12.3. The van der Waals surface area contributed by atoms with Crippen LogP contribution >= 0.6 is 0 Å². The molecule has 19 heavy (non-hydrogen) atoms. The zero-order chi connectivity index (χ0) is 12.9. The van der Waals surface area contributed by atoms with E-state index in [-0.39, 0.29) is 0 Å². The Morgan fingerprint density at radius 2 is 1.95 bits per heavy atom. The molecule has 2 heterocycles. The Morgan fingerprint density at radius 1 is 1.05 bits per heavy atom. The normalized spacial score (nSPS) is 35.4. The van der Waals surface area contributed by atoms with Crippen molar-refractivity contribution in [1.82, 2.24) is 10.2 Å². The minimum Gasteiger partial charge on any atom is -0.381 e. The highest BCUT2D eigenvalue weighted by atomic mass is 16.5. The summed E-state index contributed by atoms with van der Waals surface area (Å²) in [6.45, 7) is 6.96. The third-order valence-corrected chi connectivity index (χ3v) is 5.28. The van der Waals surface area contributed by atoms with Gasteiger partial charge in [-0.1, -0.05) is 19.3 Å². The number of rotatable bonds is 3. The lowest BCUT2D eigenvalue weighted by Crippen LogP contribution is -2.55. The van der Waals surface area contributed by atoms with Crippen LogP contribution in [0.1, 0.15) is 44.9 Å². The van der Waals surface area contributed by atoms with Gasteiger partial charge in [-0.15, -0.1) is 0 Å². The van der Waals surface area contributed by atoms with E-state index < -0.39 is 0 Å². The molecule has 0 aromatic rings. The Bertz CT molecular complexity index is 259. The van der Waals surface area contributed by atoms with Crippen LogP contribution in [0.15, 0.2) is 0 Å². The van der Waals surface area contributed by atoms with Crippen LogP contribution in [0.5, 0.6) is 0 Å². The molecule has 1 saturated carbocycles. The lowest BCUT2D eigenvalue weighted by molar-refractivity contribution is 0.0305. The van der Waals surface area contributed by atoms with E-state index in [9.17, 15) is 0 Å². The number of ether oxygens (including phenoxy) is 1. The first kappa shape index (κ1) is 13.8. The molecule has 3 heteroatoms. The van der Waals surface area contributed by atoms with Gasteiger partial charge in [0.1, 0.15) is 0 Å². The van der Waals surface area contributed by atoms with Crippen molar-refractivity contribution in [3.63, 3.8) is 0 Å². The third kappa shape index (κ3) is 3.93. The molecule has 2 atom stereocenters. The standard InChI is InChI=1S/C16H30N2O/c1-2-6-15(7-3-1)16-12-18(9-8-17-16)11-14-5-4-10-19-13-14/h14-17H,1-13H2. The van der Waals surface area contributed by atoms with Gasteiger partial charge in [0, 0.05) is 38.8 Å². The molecule has 3 rings (SSSR count).